The SMILES string of the molecule is CN1CCN(S(=O)(=O)c2ccc3[nH]c(=O)[nH]c3c2)CC12CCNC(=O)CC2. The first-order chi connectivity index (χ1) is 12.8. The van der Waals surface area contributed by atoms with Crippen LogP contribution in [0, 0.1) is 0 Å². The molecule has 1 spiro atoms. The molecule has 146 valence electrons. The van der Waals surface area contributed by atoms with Gasteiger partial charge in [0.1, 0.15) is 0 Å². The number of fused-ring (bicyclic) bond motifs is 1. The molecule has 0 aliphatic carbocycles. The third kappa shape index (κ3) is 3.17. The molecule has 10 heteroatoms. The summed E-state index contributed by atoms with van der Waals surface area (Å²) in [6.07, 6.45) is 1.74. The van der Waals surface area contributed by atoms with Gasteiger partial charge in [0.25, 0.3) is 0 Å². The Labute approximate surface area is 156 Å². The molecule has 2 fully saturated rings. The molecule has 1 atom stereocenters. The number of likely N-dealkylation sites (N-methyl/N-ethyl adjacent to an activating group) is 1. The first-order valence-corrected chi connectivity index (χ1v) is 10.4. The molecule has 2 aliphatic heterocycles. The number of amides is 1. The number of nitrogens with one attached hydrogen (secondary N) is 3. The summed E-state index contributed by atoms with van der Waals surface area (Å²) >= 11 is 0. The number of H-pyrrole nitrogens is 2. The molecule has 0 saturated carbocycles. The van der Waals surface area contributed by atoms with Gasteiger partial charge in [0.05, 0.1) is 15.9 Å². The van der Waals surface area contributed by atoms with Gasteiger partial charge in [0, 0.05) is 38.1 Å². The van der Waals surface area contributed by atoms with E-state index in [1.807, 2.05) is 7.05 Å². The smallest absolute Gasteiger partial charge is 0.323 e. The van der Waals surface area contributed by atoms with E-state index in [4.69, 9.17) is 0 Å². The van der Waals surface area contributed by atoms with Crippen molar-refractivity contribution in [1.82, 2.24) is 24.5 Å². The zero-order valence-electron chi connectivity index (χ0n) is 15.1. The number of benzene rings is 1. The number of rotatable bonds is 2. The lowest BCUT2D eigenvalue weighted by molar-refractivity contribution is -0.121. The molecule has 0 radical (unpaired) electrons. The van der Waals surface area contributed by atoms with Crippen LogP contribution in [0.4, 0.5) is 0 Å². The number of imidazole rings is 1. The van der Waals surface area contributed by atoms with Crippen LogP contribution >= 0.6 is 0 Å². The minimum absolute atomic E-state index is 0.0159. The predicted octanol–water partition coefficient (Wildman–Crippen LogP) is -0.169. The van der Waals surface area contributed by atoms with E-state index < -0.39 is 10.0 Å². The number of aromatic amines is 2. The van der Waals surface area contributed by atoms with Crippen LogP contribution in [0.2, 0.25) is 0 Å². The fourth-order valence-corrected chi connectivity index (χ4v) is 5.62. The number of hydrogen-bond donors (Lipinski definition) is 3. The van der Waals surface area contributed by atoms with Crippen molar-refractivity contribution in [1.29, 1.82) is 0 Å². The molecule has 2 aliphatic rings. The second kappa shape index (κ2) is 6.47. The largest absolute Gasteiger partial charge is 0.356 e. The van der Waals surface area contributed by atoms with Gasteiger partial charge >= 0.3 is 5.69 Å². The molecular formula is C17H23N5O4S. The topological polar surface area (TPSA) is 118 Å². The Hall–Kier alpha value is -2.17. The Balaban J connectivity index is 1.66. The van der Waals surface area contributed by atoms with Crippen molar-refractivity contribution < 1.29 is 13.2 Å². The van der Waals surface area contributed by atoms with E-state index in [9.17, 15) is 18.0 Å². The van der Waals surface area contributed by atoms with Gasteiger partial charge in [-0.1, -0.05) is 0 Å². The Morgan fingerprint density at radius 1 is 1.07 bits per heavy atom. The van der Waals surface area contributed by atoms with Crippen molar-refractivity contribution in [2.75, 3.05) is 33.2 Å². The van der Waals surface area contributed by atoms with Crippen molar-refractivity contribution in [2.24, 2.45) is 0 Å². The Morgan fingerprint density at radius 3 is 2.67 bits per heavy atom. The van der Waals surface area contributed by atoms with Gasteiger partial charge in [0.2, 0.25) is 15.9 Å². The quantitative estimate of drug-likeness (QED) is 0.655. The first-order valence-electron chi connectivity index (χ1n) is 9.00. The lowest BCUT2D eigenvalue weighted by atomic mass is 9.87. The predicted molar refractivity (Wildman–Crippen MR) is 99.9 cm³/mol. The van der Waals surface area contributed by atoms with Crippen LogP contribution in [0.5, 0.6) is 0 Å². The fourth-order valence-electron chi connectivity index (χ4n) is 4.09. The van der Waals surface area contributed by atoms with E-state index in [1.54, 1.807) is 6.07 Å². The van der Waals surface area contributed by atoms with Gasteiger partial charge in [-0.15, -0.1) is 0 Å². The molecule has 0 bridgehead atoms. The van der Waals surface area contributed by atoms with Crippen LogP contribution in [-0.4, -0.2) is 72.3 Å². The van der Waals surface area contributed by atoms with Gasteiger partial charge in [-0.2, -0.15) is 4.31 Å². The number of sulfonamides is 1. The van der Waals surface area contributed by atoms with Crippen molar-refractivity contribution in [3.63, 3.8) is 0 Å². The number of piperazine rings is 1. The second-order valence-electron chi connectivity index (χ2n) is 7.37. The number of hydrogen-bond acceptors (Lipinski definition) is 5. The summed E-state index contributed by atoms with van der Waals surface area (Å²) in [5.41, 5.74) is 0.321. The molecule has 1 aromatic heterocycles. The minimum Gasteiger partial charge on any atom is -0.356 e. The molecule has 3 N–H and O–H groups in total. The van der Waals surface area contributed by atoms with Crippen LogP contribution in [-0.2, 0) is 14.8 Å². The summed E-state index contributed by atoms with van der Waals surface area (Å²) in [7, 11) is -1.71. The molecule has 1 aromatic carbocycles. The number of carbonyl (C=O) groups excluding carboxylic acids is 1. The summed E-state index contributed by atoms with van der Waals surface area (Å²) in [6, 6.07) is 4.61. The van der Waals surface area contributed by atoms with Gasteiger partial charge in [-0.25, -0.2) is 13.2 Å². The van der Waals surface area contributed by atoms with Crippen molar-refractivity contribution in [3.05, 3.63) is 28.7 Å². The molecule has 4 rings (SSSR count). The van der Waals surface area contributed by atoms with E-state index in [0.29, 0.717) is 56.5 Å². The van der Waals surface area contributed by atoms with Crippen molar-refractivity contribution >= 4 is 27.0 Å². The van der Waals surface area contributed by atoms with Crippen molar-refractivity contribution in [3.8, 4) is 0 Å². The van der Waals surface area contributed by atoms with Crippen LogP contribution in [0.15, 0.2) is 27.9 Å². The summed E-state index contributed by atoms with van der Waals surface area (Å²) in [6.45, 7) is 1.90. The minimum atomic E-state index is -3.70. The summed E-state index contributed by atoms with van der Waals surface area (Å²) < 4.78 is 28.0. The molecule has 2 aromatic rings. The van der Waals surface area contributed by atoms with Crippen molar-refractivity contribution in [2.45, 2.75) is 29.7 Å². The third-order valence-corrected chi connectivity index (χ3v) is 7.66. The maximum absolute atomic E-state index is 13.2. The molecule has 27 heavy (non-hydrogen) atoms. The van der Waals surface area contributed by atoms with Gasteiger partial charge in [-0.3, -0.25) is 9.69 Å². The number of carbonyl (C=O) groups is 1. The lowest BCUT2D eigenvalue weighted by Gasteiger charge is -2.48. The number of nitrogens with zero attached hydrogens (tertiary/aromatic N) is 2. The van der Waals surface area contributed by atoms with Crippen LogP contribution in [0.1, 0.15) is 19.3 Å². The molecular weight excluding hydrogens is 370 g/mol. The van der Waals surface area contributed by atoms with E-state index in [-0.39, 0.29) is 22.0 Å². The highest BCUT2D eigenvalue weighted by atomic mass is 32.2. The maximum Gasteiger partial charge on any atom is 0.323 e. The third-order valence-electron chi connectivity index (χ3n) is 5.82. The molecule has 9 nitrogen and oxygen atoms in total. The van der Waals surface area contributed by atoms with E-state index in [2.05, 4.69) is 20.2 Å². The Bertz CT molecular complexity index is 1040. The average Bonchev–Trinajstić information content (AvgIpc) is 2.90. The van der Waals surface area contributed by atoms with Gasteiger partial charge in [-0.05, 0) is 38.1 Å². The fraction of sp³-hybridized carbons (Fsp3) is 0.529. The van der Waals surface area contributed by atoms with Gasteiger partial charge < -0.3 is 15.3 Å². The highest BCUT2D eigenvalue weighted by Gasteiger charge is 2.44. The van der Waals surface area contributed by atoms with E-state index in [0.717, 1.165) is 0 Å². The maximum atomic E-state index is 13.2. The van der Waals surface area contributed by atoms with Crippen LogP contribution < -0.4 is 11.0 Å². The second-order valence-corrected chi connectivity index (χ2v) is 9.31. The Morgan fingerprint density at radius 2 is 1.85 bits per heavy atom. The normalized spacial score (nSPS) is 25.6. The zero-order chi connectivity index (χ0) is 19.2. The van der Waals surface area contributed by atoms with Crippen LogP contribution in [0.3, 0.4) is 0 Å². The van der Waals surface area contributed by atoms with Crippen LogP contribution in [0.25, 0.3) is 11.0 Å². The van der Waals surface area contributed by atoms with E-state index in [1.165, 1.54) is 16.4 Å². The monoisotopic (exact) mass is 393 g/mol. The highest BCUT2D eigenvalue weighted by Crippen LogP contribution is 2.33. The summed E-state index contributed by atoms with van der Waals surface area (Å²) in [5, 5.41) is 2.87. The summed E-state index contributed by atoms with van der Waals surface area (Å²) in [4.78, 5) is 30.8. The standard InChI is InChI=1S/C17H23N5O4S/c1-21-8-9-22(11-17(21)5-4-15(23)18-7-6-17)27(25,26)12-2-3-13-14(10-12)20-16(24)19-13/h2-3,10H,4-9,11H2,1H3,(H,18,23)(H2,19,20,24). The number of aromatic nitrogens is 2. The lowest BCUT2D eigenvalue weighted by Crippen LogP contribution is -2.62. The molecule has 2 saturated heterocycles. The van der Waals surface area contributed by atoms with E-state index >= 15 is 0 Å². The molecule has 3 heterocycles. The first kappa shape index (κ1) is 18.2. The summed E-state index contributed by atoms with van der Waals surface area (Å²) in [5.74, 6) is 0.0159. The van der Waals surface area contributed by atoms with Gasteiger partial charge in [0.15, 0.2) is 0 Å². The molecule has 1 unspecified atom stereocenters. The molecule has 1 amide bonds. The zero-order valence-corrected chi connectivity index (χ0v) is 15.9. The Kier molecular flexibility index (Phi) is 4.36. The highest BCUT2D eigenvalue weighted by molar-refractivity contribution is 7.89. The average molecular weight is 393 g/mol.